The quantitative estimate of drug-likeness (QED) is 0.745. The average molecular weight is 301 g/mol. The zero-order chi connectivity index (χ0) is 15.3. The van der Waals surface area contributed by atoms with Crippen LogP contribution < -0.4 is 15.8 Å². The molecular weight excluding hydrogens is 282 g/mol. The van der Waals surface area contributed by atoms with E-state index in [1.807, 2.05) is 0 Å². The number of ether oxygens (including phenoxy) is 1. The Kier molecular flexibility index (Phi) is 5.34. The number of methoxy groups -OCH3 is 1. The van der Waals surface area contributed by atoms with Crippen molar-refractivity contribution in [3.05, 3.63) is 18.2 Å². The number of nitrogen functional groups attached to an aromatic ring is 1. The molecule has 7 nitrogen and oxygen atoms in total. The molecule has 0 spiro atoms. The van der Waals surface area contributed by atoms with Crippen LogP contribution in [0.2, 0.25) is 0 Å². The number of sulfonamides is 1. The highest BCUT2D eigenvalue weighted by atomic mass is 32.2. The van der Waals surface area contributed by atoms with Gasteiger partial charge in [-0.3, -0.25) is 4.79 Å². The maximum atomic E-state index is 11.8. The molecule has 1 amide bonds. The van der Waals surface area contributed by atoms with Crippen molar-refractivity contribution in [1.82, 2.24) is 4.31 Å². The molecule has 1 aromatic rings. The summed E-state index contributed by atoms with van der Waals surface area (Å²) >= 11 is 0. The van der Waals surface area contributed by atoms with E-state index in [4.69, 9.17) is 10.5 Å². The van der Waals surface area contributed by atoms with E-state index in [9.17, 15) is 13.2 Å². The third kappa shape index (κ3) is 4.10. The molecular formula is C12H19N3O4S. The molecule has 1 rings (SSSR count). The molecule has 0 saturated carbocycles. The third-order valence-corrected chi connectivity index (χ3v) is 4.55. The highest BCUT2D eigenvalue weighted by Gasteiger charge is 2.18. The van der Waals surface area contributed by atoms with Crippen molar-refractivity contribution in [1.29, 1.82) is 0 Å². The summed E-state index contributed by atoms with van der Waals surface area (Å²) in [6.07, 6.45) is 0. The number of nitrogens with one attached hydrogen (secondary N) is 1. The van der Waals surface area contributed by atoms with E-state index in [0.717, 1.165) is 4.31 Å². The lowest BCUT2D eigenvalue weighted by atomic mass is 10.2. The van der Waals surface area contributed by atoms with Crippen LogP contribution in [0.15, 0.2) is 18.2 Å². The number of nitrogens with zero attached hydrogens (tertiary/aromatic N) is 1. The highest BCUT2D eigenvalue weighted by Crippen LogP contribution is 2.24. The number of carbonyl (C=O) groups excluding carboxylic acids is 1. The van der Waals surface area contributed by atoms with E-state index in [-0.39, 0.29) is 12.3 Å². The van der Waals surface area contributed by atoms with Gasteiger partial charge in [-0.1, -0.05) is 0 Å². The van der Waals surface area contributed by atoms with Gasteiger partial charge >= 0.3 is 0 Å². The first-order chi connectivity index (χ1) is 9.30. The van der Waals surface area contributed by atoms with E-state index in [1.54, 1.807) is 18.2 Å². The molecule has 3 N–H and O–H groups in total. The molecule has 0 fully saturated rings. The maximum Gasteiger partial charge on any atom is 0.239 e. The van der Waals surface area contributed by atoms with Gasteiger partial charge in [0.25, 0.3) is 0 Å². The van der Waals surface area contributed by atoms with E-state index in [2.05, 4.69) is 5.32 Å². The van der Waals surface area contributed by atoms with Crippen LogP contribution in [0, 0.1) is 0 Å². The number of hydrogen-bond acceptors (Lipinski definition) is 5. The van der Waals surface area contributed by atoms with Crippen molar-refractivity contribution in [3.63, 3.8) is 0 Å². The number of nitrogens with two attached hydrogens (primary N) is 1. The molecule has 0 radical (unpaired) electrons. The molecule has 1 aromatic carbocycles. The Labute approximate surface area is 118 Å². The summed E-state index contributed by atoms with van der Waals surface area (Å²) in [6, 6.07) is 4.83. The summed E-state index contributed by atoms with van der Waals surface area (Å²) in [4.78, 5) is 11.8. The smallest absolute Gasteiger partial charge is 0.239 e. The van der Waals surface area contributed by atoms with Crippen LogP contribution >= 0.6 is 0 Å². The first-order valence-corrected chi connectivity index (χ1v) is 7.58. The van der Waals surface area contributed by atoms with Crippen molar-refractivity contribution in [3.8, 4) is 5.75 Å². The lowest BCUT2D eigenvalue weighted by Crippen LogP contribution is -2.35. The fourth-order valence-corrected chi connectivity index (χ4v) is 2.24. The van der Waals surface area contributed by atoms with Crippen LogP contribution in [-0.2, 0) is 14.8 Å². The first-order valence-electron chi connectivity index (χ1n) is 5.97. The zero-order valence-corrected chi connectivity index (χ0v) is 12.5. The number of amides is 1. The Morgan fingerprint density at radius 3 is 2.65 bits per heavy atom. The van der Waals surface area contributed by atoms with E-state index in [1.165, 1.54) is 21.1 Å². The Balaban J connectivity index is 2.77. The number of carbonyl (C=O) groups is 1. The molecule has 0 aliphatic heterocycles. The Morgan fingerprint density at radius 2 is 2.10 bits per heavy atom. The summed E-state index contributed by atoms with van der Waals surface area (Å²) < 4.78 is 29.1. The van der Waals surface area contributed by atoms with E-state index < -0.39 is 15.9 Å². The molecule has 0 heterocycles. The van der Waals surface area contributed by atoms with Gasteiger partial charge in [-0.05, 0) is 19.1 Å². The number of rotatable bonds is 6. The molecule has 0 unspecified atom stereocenters. The molecule has 8 heteroatoms. The van der Waals surface area contributed by atoms with Crippen molar-refractivity contribution in [2.24, 2.45) is 0 Å². The minimum Gasteiger partial charge on any atom is -0.497 e. The van der Waals surface area contributed by atoms with Crippen molar-refractivity contribution >= 4 is 27.3 Å². The Bertz CT molecular complexity index is 586. The molecule has 0 saturated heterocycles. The molecule has 20 heavy (non-hydrogen) atoms. The SMILES string of the molecule is CCS(=O)(=O)N(C)CC(=O)Nc1cc(OC)ccc1N. The van der Waals surface area contributed by atoms with Gasteiger partial charge < -0.3 is 15.8 Å². The largest absolute Gasteiger partial charge is 0.497 e. The molecule has 0 aliphatic rings. The monoisotopic (exact) mass is 301 g/mol. The number of anilines is 2. The molecule has 0 aliphatic carbocycles. The summed E-state index contributed by atoms with van der Waals surface area (Å²) in [5, 5.41) is 2.56. The van der Waals surface area contributed by atoms with E-state index in [0.29, 0.717) is 17.1 Å². The highest BCUT2D eigenvalue weighted by molar-refractivity contribution is 7.89. The number of likely N-dealkylation sites (N-methyl/N-ethyl adjacent to an activating group) is 1. The lowest BCUT2D eigenvalue weighted by Gasteiger charge is -2.16. The zero-order valence-electron chi connectivity index (χ0n) is 11.7. The standard InChI is InChI=1S/C12H19N3O4S/c1-4-20(17,18)15(2)8-12(16)14-11-7-9(19-3)5-6-10(11)13/h5-7H,4,8,13H2,1-3H3,(H,14,16). The van der Waals surface area contributed by atoms with Crippen LogP contribution in [0.4, 0.5) is 11.4 Å². The van der Waals surface area contributed by atoms with Crippen LogP contribution in [0.1, 0.15) is 6.92 Å². The summed E-state index contributed by atoms with van der Waals surface area (Å²) in [6.45, 7) is 1.25. The topological polar surface area (TPSA) is 102 Å². The second kappa shape index (κ2) is 6.58. The van der Waals surface area contributed by atoms with Crippen molar-refractivity contribution < 1.29 is 17.9 Å². The number of benzene rings is 1. The summed E-state index contributed by atoms with van der Waals surface area (Å²) in [5.74, 6) is 0.0199. The predicted molar refractivity (Wildman–Crippen MR) is 78.1 cm³/mol. The van der Waals surface area contributed by atoms with Crippen LogP contribution in [0.3, 0.4) is 0 Å². The van der Waals surface area contributed by atoms with Gasteiger partial charge in [0.1, 0.15) is 5.75 Å². The normalized spacial score (nSPS) is 11.4. The summed E-state index contributed by atoms with van der Waals surface area (Å²) in [5.41, 5.74) is 6.49. The van der Waals surface area contributed by atoms with Gasteiger partial charge in [0.2, 0.25) is 15.9 Å². The van der Waals surface area contributed by atoms with Gasteiger partial charge in [0.15, 0.2) is 0 Å². The molecule has 0 bridgehead atoms. The van der Waals surface area contributed by atoms with Crippen molar-refractivity contribution in [2.45, 2.75) is 6.92 Å². The van der Waals surface area contributed by atoms with E-state index >= 15 is 0 Å². The van der Waals surface area contributed by atoms with Gasteiger partial charge in [0.05, 0.1) is 30.8 Å². The fraction of sp³-hybridized carbons (Fsp3) is 0.417. The second-order valence-electron chi connectivity index (χ2n) is 4.16. The van der Waals surface area contributed by atoms with Gasteiger partial charge in [-0.2, -0.15) is 4.31 Å². The molecule has 112 valence electrons. The lowest BCUT2D eigenvalue weighted by molar-refractivity contribution is -0.116. The summed E-state index contributed by atoms with van der Waals surface area (Å²) in [7, 11) is -0.539. The van der Waals surface area contributed by atoms with Gasteiger partial charge in [0, 0.05) is 13.1 Å². The van der Waals surface area contributed by atoms with Crippen LogP contribution in [-0.4, -0.2) is 45.1 Å². The van der Waals surface area contributed by atoms with Crippen LogP contribution in [0.25, 0.3) is 0 Å². The predicted octanol–water partition coefficient (Wildman–Crippen LogP) is 0.497. The second-order valence-corrected chi connectivity index (χ2v) is 6.52. The maximum absolute atomic E-state index is 11.8. The fourth-order valence-electron chi connectivity index (χ4n) is 1.48. The Morgan fingerprint density at radius 1 is 1.45 bits per heavy atom. The Hall–Kier alpha value is -1.80. The first kappa shape index (κ1) is 16.3. The van der Waals surface area contributed by atoms with Gasteiger partial charge in [-0.25, -0.2) is 8.42 Å². The van der Waals surface area contributed by atoms with Gasteiger partial charge in [-0.15, -0.1) is 0 Å². The molecule has 0 atom stereocenters. The third-order valence-electron chi connectivity index (χ3n) is 2.74. The average Bonchev–Trinajstić information content (AvgIpc) is 2.41. The minimum atomic E-state index is -3.39. The molecule has 0 aromatic heterocycles. The number of hydrogen-bond donors (Lipinski definition) is 2. The minimum absolute atomic E-state index is 0.0575. The van der Waals surface area contributed by atoms with Crippen molar-refractivity contribution in [2.75, 3.05) is 37.5 Å². The van der Waals surface area contributed by atoms with Crippen LogP contribution in [0.5, 0.6) is 5.75 Å².